The second-order valence-corrected chi connectivity index (χ2v) is 3.10. The van der Waals surface area contributed by atoms with Crippen LogP contribution in [0, 0.1) is 0 Å². The van der Waals surface area contributed by atoms with Gasteiger partial charge in [-0.3, -0.25) is 4.79 Å². The molecule has 1 rings (SSSR count). The summed E-state index contributed by atoms with van der Waals surface area (Å²) in [6.07, 6.45) is 2.71. The van der Waals surface area contributed by atoms with Crippen molar-refractivity contribution < 1.29 is 5.11 Å². The Hall–Kier alpha value is -1.36. The highest BCUT2D eigenvalue weighted by molar-refractivity contribution is 5.30. The Labute approximate surface area is 82.4 Å². The van der Waals surface area contributed by atoms with Gasteiger partial charge in [0, 0.05) is 25.5 Å². The first-order chi connectivity index (χ1) is 6.65. The van der Waals surface area contributed by atoms with Gasteiger partial charge in [-0.2, -0.15) is 0 Å². The van der Waals surface area contributed by atoms with Crippen LogP contribution in [0.15, 0.2) is 17.2 Å². The fourth-order valence-corrected chi connectivity index (χ4v) is 1.06. The van der Waals surface area contributed by atoms with Gasteiger partial charge in [0.1, 0.15) is 0 Å². The summed E-state index contributed by atoms with van der Waals surface area (Å²) in [6, 6.07) is 0. The summed E-state index contributed by atoms with van der Waals surface area (Å²) in [5, 5.41) is 11.8. The summed E-state index contributed by atoms with van der Waals surface area (Å²) < 4.78 is 1.55. The number of rotatable bonds is 4. The van der Waals surface area contributed by atoms with Gasteiger partial charge in [-0.15, -0.1) is 0 Å². The van der Waals surface area contributed by atoms with Crippen molar-refractivity contribution >= 4 is 5.82 Å². The van der Waals surface area contributed by atoms with E-state index in [1.165, 1.54) is 0 Å². The summed E-state index contributed by atoms with van der Waals surface area (Å²) in [5.41, 5.74) is -0.157. The minimum absolute atomic E-state index is 0.157. The fourth-order valence-electron chi connectivity index (χ4n) is 1.06. The van der Waals surface area contributed by atoms with Crippen LogP contribution in [0.5, 0.6) is 0 Å². The Kier molecular flexibility index (Phi) is 3.64. The molecule has 0 saturated carbocycles. The molecule has 0 aliphatic heterocycles. The van der Waals surface area contributed by atoms with E-state index in [4.69, 9.17) is 5.11 Å². The van der Waals surface area contributed by atoms with E-state index < -0.39 is 6.10 Å². The van der Waals surface area contributed by atoms with Gasteiger partial charge in [0.25, 0.3) is 5.56 Å². The third kappa shape index (κ3) is 2.56. The van der Waals surface area contributed by atoms with E-state index in [-0.39, 0.29) is 11.4 Å². The van der Waals surface area contributed by atoms with E-state index >= 15 is 0 Å². The summed E-state index contributed by atoms with van der Waals surface area (Å²) in [7, 11) is 0. The van der Waals surface area contributed by atoms with E-state index in [2.05, 4.69) is 10.3 Å². The van der Waals surface area contributed by atoms with Crippen LogP contribution in [0.2, 0.25) is 0 Å². The quantitative estimate of drug-likeness (QED) is 0.716. The van der Waals surface area contributed by atoms with Crippen LogP contribution in [0.1, 0.15) is 13.8 Å². The van der Waals surface area contributed by atoms with E-state index in [0.29, 0.717) is 13.1 Å². The van der Waals surface area contributed by atoms with Crippen LogP contribution >= 0.6 is 0 Å². The first kappa shape index (κ1) is 10.7. The van der Waals surface area contributed by atoms with Crippen LogP contribution in [-0.4, -0.2) is 27.3 Å². The van der Waals surface area contributed by atoms with E-state index in [9.17, 15) is 4.79 Å². The first-order valence-corrected chi connectivity index (χ1v) is 4.62. The zero-order valence-corrected chi connectivity index (χ0v) is 8.40. The molecule has 0 fully saturated rings. The van der Waals surface area contributed by atoms with Crippen molar-refractivity contribution in [3.8, 4) is 0 Å². The number of anilines is 1. The molecule has 0 spiro atoms. The Morgan fingerprint density at radius 3 is 3.00 bits per heavy atom. The predicted octanol–water partition coefficient (Wildman–Crippen LogP) is 0.0559. The lowest BCUT2D eigenvalue weighted by Gasteiger charge is -2.08. The van der Waals surface area contributed by atoms with Crippen molar-refractivity contribution in [1.29, 1.82) is 0 Å². The minimum Gasteiger partial charge on any atom is -0.392 e. The molecule has 5 nitrogen and oxygen atoms in total. The van der Waals surface area contributed by atoms with Gasteiger partial charge in [-0.05, 0) is 13.8 Å². The number of aromatic nitrogens is 2. The van der Waals surface area contributed by atoms with Gasteiger partial charge in [0.15, 0.2) is 5.82 Å². The number of nitrogens with one attached hydrogen (secondary N) is 1. The molecule has 14 heavy (non-hydrogen) atoms. The van der Waals surface area contributed by atoms with E-state index in [0.717, 1.165) is 0 Å². The Bertz CT molecular complexity index is 346. The van der Waals surface area contributed by atoms with Gasteiger partial charge in [-0.1, -0.05) is 0 Å². The molecular weight excluding hydrogens is 182 g/mol. The summed E-state index contributed by atoms with van der Waals surface area (Å²) in [6.45, 7) is 4.48. The highest BCUT2D eigenvalue weighted by Crippen LogP contribution is 1.93. The molecule has 0 saturated heterocycles. The lowest BCUT2D eigenvalue weighted by molar-refractivity contribution is 0.208. The molecule has 2 N–H and O–H groups in total. The Morgan fingerprint density at radius 1 is 1.71 bits per heavy atom. The van der Waals surface area contributed by atoms with Crippen molar-refractivity contribution in [3.05, 3.63) is 22.7 Å². The topological polar surface area (TPSA) is 67.2 Å². The monoisotopic (exact) mass is 197 g/mol. The number of hydrogen-bond donors (Lipinski definition) is 2. The molecule has 0 radical (unpaired) electrons. The van der Waals surface area contributed by atoms with Crippen molar-refractivity contribution in [3.63, 3.8) is 0 Å². The summed E-state index contributed by atoms with van der Waals surface area (Å²) in [5.74, 6) is 0.287. The maximum absolute atomic E-state index is 11.6. The summed E-state index contributed by atoms with van der Waals surface area (Å²) in [4.78, 5) is 15.5. The molecule has 0 aliphatic rings. The van der Waals surface area contributed by atoms with Crippen LogP contribution < -0.4 is 10.9 Å². The van der Waals surface area contributed by atoms with Gasteiger partial charge >= 0.3 is 0 Å². The third-order valence-corrected chi connectivity index (χ3v) is 1.82. The molecule has 1 aromatic rings. The second-order valence-electron chi connectivity index (χ2n) is 3.10. The first-order valence-electron chi connectivity index (χ1n) is 4.62. The second kappa shape index (κ2) is 4.76. The number of nitrogens with zero attached hydrogens (tertiary/aromatic N) is 2. The molecule has 5 heteroatoms. The molecule has 78 valence electrons. The van der Waals surface area contributed by atoms with Gasteiger partial charge < -0.3 is 15.0 Å². The molecular formula is C9H15N3O2. The molecule has 0 unspecified atom stereocenters. The molecule has 0 bridgehead atoms. The van der Waals surface area contributed by atoms with Crippen LogP contribution in [0.4, 0.5) is 5.82 Å². The molecule has 1 atom stereocenters. The molecule has 1 aromatic heterocycles. The zero-order chi connectivity index (χ0) is 10.6. The van der Waals surface area contributed by atoms with Crippen molar-refractivity contribution in [2.45, 2.75) is 26.5 Å². The van der Waals surface area contributed by atoms with Crippen LogP contribution in [-0.2, 0) is 6.54 Å². The molecule has 0 amide bonds. The third-order valence-electron chi connectivity index (χ3n) is 1.82. The van der Waals surface area contributed by atoms with E-state index in [1.54, 1.807) is 23.9 Å². The van der Waals surface area contributed by atoms with Gasteiger partial charge in [0.05, 0.1) is 6.10 Å². The highest BCUT2D eigenvalue weighted by atomic mass is 16.3. The van der Waals surface area contributed by atoms with Crippen molar-refractivity contribution in [1.82, 2.24) is 9.55 Å². The van der Waals surface area contributed by atoms with Crippen LogP contribution in [0.25, 0.3) is 0 Å². The average Bonchev–Trinajstić information content (AvgIpc) is 2.16. The Balaban J connectivity index is 2.82. The van der Waals surface area contributed by atoms with Crippen molar-refractivity contribution in [2.75, 3.05) is 11.9 Å². The number of aliphatic hydroxyl groups is 1. The molecule has 1 heterocycles. The number of hydrogen-bond acceptors (Lipinski definition) is 4. The largest absolute Gasteiger partial charge is 0.392 e. The molecule has 0 aromatic carbocycles. The maximum Gasteiger partial charge on any atom is 0.293 e. The smallest absolute Gasteiger partial charge is 0.293 e. The number of aryl methyl sites for hydroxylation is 1. The van der Waals surface area contributed by atoms with Gasteiger partial charge in [-0.25, -0.2) is 4.98 Å². The SMILES string of the molecule is CCn1ccnc(NC[C@@H](C)O)c1=O. The average molecular weight is 197 g/mol. The lowest BCUT2D eigenvalue weighted by atomic mass is 10.4. The fraction of sp³-hybridized carbons (Fsp3) is 0.556. The molecule has 0 aliphatic carbocycles. The summed E-state index contributed by atoms with van der Waals surface area (Å²) >= 11 is 0. The minimum atomic E-state index is -0.494. The van der Waals surface area contributed by atoms with E-state index in [1.807, 2.05) is 6.92 Å². The predicted molar refractivity (Wildman–Crippen MR) is 54.3 cm³/mol. The standard InChI is InChI=1S/C9H15N3O2/c1-3-12-5-4-10-8(9(12)14)11-6-7(2)13/h4-5,7,13H,3,6H2,1-2H3,(H,10,11)/t7-/m1/s1. The normalized spacial score (nSPS) is 12.5. The van der Waals surface area contributed by atoms with Crippen LogP contribution in [0.3, 0.4) is 0 Å². The highest BCUT2D eigenvalue weighted by Gasteiger charge is 2.03. The maximum atomic E-state index is 11.6. The zero-order valence-electron chi connectivity index (χ0n) is 8.40. The Morgan fingerprint density at radius 2 is 2.43 bits per heavy atom. The van der Waals surface area contributed by atoms with Gasteiger partial charge in [0.2, 0.25) is 0 Å². The van der Waals surface area contributed by atoms with Crippen molar-refractivity contribution in [2.24, 2.45) is 0 Å². The lowest BCUT2D eigenvalue weighted by Crippen LogP contribution is -2.26. The number of aliphatic hydroxyl groups excluding tert-OH is 1.